The average Bonchev–Trinajstić information content (AvgIpc) is 2.80. The Hall–Kier alpha value is -2.29. The Morgan fingerprint density at radius 1 is 1.20 bits per heavy atom. The van der Waals surface area contributed by atoms with Crippen LogP contribution in [0.3, 0.4) is 0 Å². The van der Waals surface area contributed by atoms with Gasteiger partial charge in [0.05, 0.1) is 25.0 Å². The number of nitrogens with two attached hydrogens (primary N) is 2. The molecule has 2 rings (SSSR count). The van der Waals surface area contributed by atoms with Crippen LogP contribution in [-0.2, 0) is 4.74 Å². The van der Waals surface area contributed by atoms with Gasteiger partial charge in [0.2, 0.25) is 0 Å². The third-order valence-corrected chi connectivity index (χ3v) is 5.50. The number of benzene rings is 1. The van der Waals surface area contributed by atoms with Crippen molar-refractivity contribution in [3.8, 4) is 0 Å². The number of nitrogens with zero attached hydrogens (tertiary/aromatic N) is 2. The highest BCUT2D eigenvalue weighted by molar-refractivity contribution is 7.99. The number of pyridine rings is 1. The first-order valence-electron chi connectivity index (χ1n) is 10.6. The first kappa shape index (κ1) is 30.7. The maximum atomic E-state index is 13.5. The number of halogens is 3. The first-order valence-corrected chi connectivity index (χ1v) is 11.5. The molecule has 1 aromatic carbocycles. The second kappa shape index (κ2) is 15.0. The van der Waals surface area contributed by atoms with Gasteiger partial charge in [-0.1, -0.05) is 37.1 Å². The van der Waals surface area contributed by atoms with Crippen LogP contribution in [-0.4, -0.2) is 70.1 Å². The zero-order chi connectivity index (χ0) is 26.7. The molecule has 7 N–H and O–H groups in total. The van der Waals surface area contributed by atoms with E-state index in [1.165, 1.54) is 19.3 Å². The molecule has 35 heavy (non-hydrogen) atoms. The summed E-state index contributed by atoms with van der Waals surface area (Å²) in [4.78, 5) is 4.49. The third kappa shape index (κ3) is 9.71. The molecule has 1 heterocycles. The minimum absolute atomic E-state index is 0.154. The fourth-order valence-electron chi connectivity index (χ4n) is 2.64. The Morgan fingerprint density at radius 3 is 2.31 bits per heavy atom. The molecular weight excluding hydrogens is 484 g/mol. The number of thioether (sulfide) groups is 1. The molecule has 192 valence electrons. The van der Waals surface area contributed by atoms with E-state index in [0.29, 0.717) is 22.5 Å². The quantitative estimate of drug-likeness (QED) is 0.0742. The van der Waals surface area contributed by atoms with Crippen LogP contribution < -0.4 is 17.0 Å². The third-order valence-electron chi connectivity index (χ3n) is 4.35. The topological polar surface area (TPSA) is 138 Å². The van der Waals surface area contributed by atoms with Crippen LogP contribution in [0.1, 0.15) is 26.3 Å². The molecule has 4 atom stereocenters. The van der Waals surface area contributed by atoms with Gasteiger partial charge in [0, 0.05) is 29.1 Å². The van der Waals surface area contributed by atoms with E-state index in [1.807, 2.05) is 13.8 Å². The molecule has 2 radical (unpaired) electrons. The highest BCUT2D eigenvalue weighted by Gasteiger charge is 2.28. The van der Waals surface area contributed by atoms with Crippen molar-refractivity contribution in [1.29, 1.82) is 0 Å². The molecule has 0 aliphatic heterocycles. The van der Waals surface area contributed by atoms with Crippen molar-refractivity contribution in [3.63, 3.8) is 0 Å². The predicted octanol–water partition coefficient (Wildman–Crippen LogP) is 0.989. The van der Waals surface area contributed by atoms with Crippen LogP contribution in [0.15, 0.2) is 41.7 Å². The molecule has 8 nitrogen and oxygen atoms in total. The van der Waals surface area contributed by atoms with Crippen molar-refractivity contribution in [2.45, 2.75) is 49.4 Å². The fourth-order valence-corrected chi connectivity index (χ4v) is 3.68. The lowest BCUT2D eigenvalue weighted by Gasteiger charge is -2.30. The maximum Gasteiger partial charge on any atom is 0.194 e. The monoisotopic (exact) mass is 514 g/mol. The largest absolute Gasteiger partial charge is 0.397 e. The molecule has 0 fully saturated rings. The Bertz CT molecular complexity index is 951. The predicted molar refractivity (Wildman–Crippen MR) is 130 cm³/mol. The SMILES string of the molecule is CC.[B]c1cncc(SC(OC(CO)C(C)O)[C@@H](O)CN(N)/C=C(\N)c2cc(F)c(F)c(F)c2)c1. The standard InChI is InChI=1S/C20H24BF3N4O4S.C2H6/c1-10(30)18(9-29)32-20(33-13-4-12(21)5-27-6-13)17(31)8-28(26)7-16(25)11-2-14(22)19(24)15(23)3-11;1-2/h2-7,10,17-18,20,29-31H,8-9,25-26H2,1H3;1-2H3/b16-7-;/t10?,17-,18?,20?;/m0./s1. The number of hydrogen-bond acceptors (Lipinski definition) is 9. The zero-order valence-corrected chi connectivity index (χ0v) is 20.4. The normalized spacial score (nSPS) is 15.0. The zero-order valence-electron chi connectivity index (χ0n) is 19.6. The van der Waals surface area contributed by atoms with E-state index < -0.39 is 47.8 Å². The van der Waals surface area contributed by atoms with Crippen molar-refractivity contribution in [3.05, 3.63) is 59.8 Å². The van der Waals surface area contributed by atoms with Gasteiger partial charge in [0.25, 0.3) is 0 Å². The summed E-state index contributed by atoms with van der Waals surface area (Å²) < 4.78 is 45.7. The Morgan fingerprint density at radius 2 is 1.80 bits per heavy atom. The maximum absolute atomic E-state index is 13.5. The minimum atomic E-state index is -1.63. The van der Waals surface area contributed by atoms with Gasteiger partial charge >= 0.3 is 0 Å². The molecule has 0 aliphatic carbocycles. The second-order valence-electron chi connectivity index (χ2n) is 7.14. The number of ether oxygens (including phenoxy) is 1. The highest BCUT2D eigenvalue weighted by Crippen LogP contribution is 2.27. The summed E-state index contributed by atoms with van der Waals surface area (Å²) in [6.07, 6.45) is 0.645. The molecular formula is C22H30BF3N4O4S. The van der Waals surface area contributed by atoms with Crippen LogP contribution >= 0.6 is 11.8 Å². The summed E-state index contributed by atoms with van der Waals surface area (Å²) in [5.74, 6) is 1.39. The summed E-state index contributed by atoms with van der Waals surface area (Å²) in [6.45, 7) is 4.62. The van der Waals surface area contributed by atoms with Crippen LogP contribution in [0.5, 0.6) is 0 Å². The Balaban J connectivity index is 0.00000298. The van der Waals surface area contributed by atoms with Gasteiger partial charge in [-0.2, -0.15) is 0 Å². The fraction of sp³-hybridized carbons (Fsp3) is 0.409. The van der Waals surface area contributed by atoms with Gasteiger partial charge in [-0.25, -0.2) is 19.0 Å². The van der Waals surface area contributed by atoms with Crippen LogP contribution in [0.25, 0.3) is 5.70 Å². The molecule has 0 saturated carbocycles. The van der Waals surface area contributed by atoms with E-state index in [9.17, 15) is 28.5 Å². The van der Waals surface area contributed by atoms with Crippen molar-refractivity contribution < 1.29 is 33.2 Å². The summed E-state index contributed by atoms with van der Waals surface area (Å²) in [5.41, 5.74) is 4.78. The summed E-state index contributed by atoms with van der Waals surface area (Å²) in [5, 5.41) is 30.9. The van der Waals surface area contributed by atoms with E-state index in [0.717, 1.165) is 23.0 Å². The number of hydrogen-bond donors (Lipinski definition) is 5. The summed E-state index contributed by atoms with van der Waals surface area (Å²) in [7, 11) is 5.72. The first-order chi connectivity index (χ1) is 16.5. The Labute approximate surface area is 208 Å². The van der Waals surface area contributed by atoms with Crippen molar-refractivity contribution in [2.24, 2.45) is 11.6 Å². The van der Waals surface area contributed by atoms with E-state index in [2.05, 4.69) is 4.98 Å². The molecule has 0 spiro atoms. The van der Waals surface area contributed by atoms with Crippen molar-refractivity contribution in [1.82, 2.24) is 9.99 Å². The van der Waals surface area contributed by atoms with Gasteiger partial charge < -0.3 is 30.8 Å². The van der Waals surface area contributed by atoms with Gasteiger partial charge in [-0.15, -0.1) is 0 Å². The van der Waals surface area contributed by atoms with E-state index in [4.69, 9.17) is 24.2 Å². The number of rotatable bonds is 11. The van der Waals surface area contributed by atoms with Crippen molar-refractivity contribution in [2.75, 3.05) is 13.2 Å². The van der Waals surface area contributed by atoms with Gasteiger partial charge in [0.1, 0.15) is 25.5 Å². The number of aliphatic hydroxyl groups is 3. The van der Waals surface area contributed by atoms with Crippen LogP contribution in [0, 0.1) is 17.5 Å². The minimum Gasteiger partial charge on any atom is -0.397 e. The number of aliphatic hydroxyl groups excluding tert-OH is 3. The molecule has 1 aromatic heterocycles. The molecule has 2 aromatic rings. The van der Waals surface area contributed by atoms with E-state index >= 15 is 0 Å². The average molecular weight is 514 g/mol. The second-order valence-corrected chi connectivity index (χ2v) is 8.31. The van der Waals surface area contributed by atoms with Crippen LogP contribution in [0.2, 0.25) is 0 Å². The van der Waals surface area contributed by atoms with Gasteiger partial charge in [-0.05, 0) is 19.1 Å². The van der Waals surface area contributed by atoms with Crippen LogP contribution in [0.4, 0.5) is 13.2 Å². The van der Waals surface area contributed by atoms with E-state index in [1.54, 1.807) is 6.07 Å². The summed E-state index contributed by atoms with van der Waals surface area (Å²) >= 11 is 1.02. The molecule has 3 unspecified atom stereocenters. The molecule has 0 aliphatic rings. The smallest absolute Gasteiger partial charge is 0.194 e. The Kier molecular flexibility index (Phi) is 13.1. The lowest BCUT2D eigenvalue weighted by Crippen LogP contribution is -2.43. The van der Waals surface area contributed by atoms with E-state index in [-0.39, 0.29) is 17.8 Å². The lowest BCUT2D eigenvalue weighted by atomic mass is 9.99. The van der Waals surface area contributed by atoms with Gasteiger partial charge in [0.15, 0.2) is 17.5 Å². The van der Waals surface area contributed by atoms with Gasteiger partial charge in [-0.3, -0.25) is 4.98 Å². The lowest BCUT2D eigenvalue weighted by molar-refractivity contribution is -0.0970. The molecule has 13 heteroatoms. The molecule has 0 amide bonds. The highest BCUT2D eigenvalue weighted by atomic mass is 32.2. The number of aromatic nitrogens is 1. The molecule has 0 bridgehead atoms. The molecule has 0 saturated heterocycles. The summed E-state index contributed by atoms with van der Waals surface area (Å²) in [6, 6.07) is 3.00. The van der Waals surface area contributed by atoms with Crippen molar-refractivity contribution >= 4 is 30.8 Å². The number of hydrazine groups is 1.